The van der Waals surface area contributed by atoms with Crippen molar-refractivity contribution in [1.29, 1.82) is 0 Å². The van der Waals surface area contributed by atoms with Crippen LogP contribution in [0.3, 0.4) is 0 Å². The third kappa shape index (κ3) is 4.71. The van der Waals surface area contributed by atoms with Crippen molar-refractivity contribution in [2.24, 2.45) is 0 Å². The highest BCUT2D eigenvalue weighted by Crippen LogP contribution is 2.35. The average molecular weight is 441 g/mol. The Hall–Kier alpha value is -3.09. The Labute approximate surface area is 187 Å². The predicted octanol–water partition coefficient (Wildman–Crippen LogP) is 4.92. The monoisotopic (exact) mass is 440 g/mol. The number of halogens is 1. The molecule has 170 valence electrons. The average Bonchev–Trinajstić information content (AvgIpc) is 2.71. The molecule has 2 aliphatic heterocycles. The van der Waals surface area contributed by atoms with Crippen LogP contribution in [0.25, 0.3) is 0 Å². The van der Waals surface area contributed by atoms with Gasteiger partial charge in [-0.25, -0.2) is 14.0 Å². The van der Waals surface area contributed by atoms with Gasteiger partial charge in [0, 0.05) is 13.1 Å². The standard InChI is InChI=1S/C25H29FN2O4/c1-25(2,3)32-24(30)27-15-13-20(27)16-31-23(29)28-14-12-17-6-4-5-7-21(17)22(28)18-8-10-19(26)11-9-18/h4-11,20,22H,12-16H2,1-3H3/t20-,22-/m0/s1. The van der Waals surface area contributed by atoms with Gasteiger partial charge in [0.15, 0.2) is 0 Å². The first-order valence-corrected chi connectivity index (χ1v) is 11.0. The molecule has 1 saturated heterocycles. The van der Waals surface area contributed by atoms with Gasteiger partial charge in [-0.2, -0.15) is 0 Å². The van der Waals surface area contributed by atoms with Crippen molar-refractivity contribution in [2.45, 2.75) is 51.3 Å². The molecule has 0 aromatic heterocycles. The van der Waals surface area contributed by atoms with E-state index in [0.717, 1.165) is 24.0 Å². The second-order valence-corrected chi connectivity index (χ2v) is 9.29. The van der Waals surface area contributed by atoms with Gasteiger partial charge in [0.2, 0.25) is 0 Å². The van der Waals surface area contributed by atoms with E-state index in [2.05, 4.69) is 6.07 Å². The first-order chi connectivity index (χ1) is 15.2. The summed E-state index contributed by atoms with van der Waals surface area (Å²) in [5.74, 6) is -0.320. The van der Waals surface area contributed by atoms with Gasteiger partial charge in [0.1, 0.15) is 18.0 Å². The van der Waals surface area contributed by atoms with E-state index in [9.17, 15) is 14.0 Å². The molecule has 0 aliphatic carbocycles. The zero-order valence-electron chi connectivity index (χ0n) is 18.7. The normalized spacial score (nSPS) is 20.2. The van der Waals surface area contributed by atoms with Crippen LogP contribution in [0.4, 0.5) is 14.0 Å². The van der Waals surface area contributed by atoms with Crippen LogP contribution in [0.1, 0.15) is 49.9 Å². The molecule has 6 nitrogen and oxygen atoms in total. The number of likely N-dealkylation sites (tertiary alicyclic amines) is 1. The molecule has 0 saturated carbocycles. The van der Waals surface area contributed by atoms with Gasteiger partial charge in [-0.05, 0) is 62.4 Å². The van der Waals surface area contributed by atoms with E-state index >= 15 is 0 Å². The SMILES string of the molecule is CC(C)(C)OC(=O)N1CC[C@H]1COC(=O)N1CCc2ccccc2[C@@H]1c1ccc(F)cc1. The lowest BCUT2D eigenvalue weighted by Gasteiger charge is -2.41. The van der Waals surface area contributed by atoms with Crippen LogP contribution in [0.5, 0.6) is 0 Å². The molecule has 0 N–H and O–H groups in total. The Morgan fingerprint density at radius 1 is 1.00 bits per heavy atom. The maximum atomic E-state index is 13.5. The molecule has 2 heterocycles. The van der Waals surface area contributed by atoms with Gasteiger partial charge in [-0.3, -0.25) is 4.90 Å². The minimum absolute atomic E-state index is 0.117. The number of benzene rings is 2. The van der Waals surface area contributed by atoms with Crippen molar-refractivity contribution in [3.63, 3.8) is 0 Å². The lowest BCUT2D eigenvalue weighted by atomic mass is 9.88. The number of ether oxygens (including phenoxy) is 2. The van der Waals surface area contributed by atoms with Crippen LogP contribution in [-0.4, -0.2) is 53.3 Å². The fraction of sp³-hybridized carbons (Fsp3) is 0.440. The Morgan fingerprint density at radius 2 is 1.72 bits per heavy atom. The quantitative estimate of drug-likeness (QED) is 0.680. The van der Waals surface area contributed by atoms with Crippen molar-refractivity contribution in [3.05, 3.63) is 71.0 Å². The Morgan fingerprint density at radius 3 is 2.38 bits per heavy atom. The summed E-state index contributed by atoms with van der Waals surface area (Å²) >= 11 is 0. The highest BCUT2D eigenvalue weighted by molar-refractivity contribution is 5.71. The highest BCUT2D eigenvalue weighted by atomic mass is 19.1. The van der Waals surface area contributed by atoms with Crippen LogP contribution in [-0.2, 0) is 15.9 Å². The van der Waals surface area contributed by atoms with Crippen molar-refractivity contribution < 1.29 is 23.5 Å². The van der Waals surface area contributed by atoms with Crippen LogP contribution in [0, 0.1) is 5.82 Å². The zero-order chi connectivity index (χ0) is 22.9. The number of nitrogens with zero attached hydrogens (tertiary/aromatic N) is 2. The summed E-state index contributed by atoms with van der Waals surface area (Å²) in [5.41, 5.74) is 2.44. The van der Waals surface area contributed by atoms with Crippen molar-refractivity contribution >= 4 is 12.2 Å². The molecule has 2 aromatic rings. The molecule has 7 heteroatoms. The van der Waals surface area contributed by atoms with E-state index in [1.807, 2.05) is 39.0 Å². The van der Waals surface area contributed by atoms with E-state index in [-0.39, 0.29) is 30.6 Å². The second-order valence-electron chi connectivity index (χ2n) is 9.29. The minimum atomic E-state index is -0.572. The fourth-order valence-electron chi connectivity index (χ4n) is 4.19. The number of carbonyl (C=O) groups excluding carboxylic acids is 2. The van der Waals surface area contributed by atoms with Crippen LogP contribution in [0.15, 0.2) is 48.5 Å². The van der Waals surface area contributed by atoms with Crippen molar-refractivity contribution in [1.82, 2.24) is 9.80 Å². The number of carbonyl (C=O) groups is 2. The molecule has 32 heavy (non-hydrogen) atoms. The summed E-state index contributed by atoms with van der Waals surface area (Å²) in [4.78, 5) is 28.7. The molecule has 0 spiro atoms. The molecule has 2 atom stereocenters. The zero-order valence-corrected chi connectivity index (χ0v) is 18.7. The first-order valence-electron chi connectivity index (χ1n) is 11.0. The lowest BCUT2D eigenvalue weighted by Crippen LogP contribution is -2.55. The molecule has 4 rings (SSSR count). The Balaban J connectivity index is 1.46. The van der Waals surface area contributed by atoms with E-state index in [1.165, 1.54) is 17.7 Å². The minimum Gasteiger partial charge on any atom is -0.447 e. The number of amides is 2. The lowest BCUT2D eigenvalue weighted by molar-refractivity contribution is -0.0227. The van der Waals surface area contributed by atoms with Crippen molar-refractivity contribution in [2.75, 3.05) is 19.7 Å². The molecule has 0 unspecified atom stereocenters. The molecular weight excluding hydrogens is 411 g/mol. The number of fused-ring (bicyclic) bond motifs is 1. The van der Waals surface area contributed by atoms with Crippen LogP contribution < -0.4 is 0 Å². The summed E-state index contributed by atoms with van der Waals surface area (Å²) in [6.45, 7) is 6.67. The molecule has 0 radical (unpaired) electrons. The molecule has 2 aliphatic rings. The van der Waals surface area contributed by atoms with Crippen molar-refractivity contribution in [3.8, 4) is 0 Å². The molecule has 1 fully saturated rings. The summed E-state index contributed by atoms with van der Waals surface area (Å²) < 4.78 is 24.6. The topological polar surface area (TPSA) is 59.1 Å². The number of hydrogen-bond acceptors (Lipinski definition) is 4. The molecule has 0 bridgehead atoms. The number of hydrogen-bond donors (Lipinski definition) is 0. The maximum Gasteiger partial charge on any atom is 0.410 e. The summed E-state index contributed by atoms with van der Waals surface area (Å²) in [6, 6.07) is 13.7. The van der Waals surface area contributed by atoms with Gasteiger partial charge in [-0.15, -0.1) is 0 Å². The maximum absolute atomic E-state index is 13.5. The van der Waals surface area contributed by atoms with Gasteiger partial charge in [0.25, 0.3) is 0 Å². The number of rotatable bonds is 3. The van der Waals surface area contributed by atoms with Gasteiger partial charge >= 0.3 is 12.2 Å². The summed E-state index contributed by atoms with van der Waals surface area (Å²) in [5, 5.41) is 0. The smallest absolute Gasteiger partial charge is 0.410 e. The first kappa shape index (κ1) is 22.1. The van der Waals surface area contributed by atoms with Crippen LogP contribution in [0.2, 0.25) is 0 Å². The largest absolute Gasteiger partial charge is 0.447 e. The van der Waals surface area contributed by atoms with E-state index < -0.39 is 11.7 Å². The van der Waals surface area contributed by atoms with Gasteiger partial charge in [-0.1, -0.05) is 36.4 Å². The van der Waals surface area contributed by atoms with E-state index in [4.69, 9.17) is 9.47 Å². The van der Waals surface area contributed by atoms with Gasteiger partial charge < -0.3 is 14.4 Å². The van der Waals surface area contributed by atoms with E-state index in [0.29, 0.717) is 13.1 Å². The Bertz CT molecular complexity index is 986. The predicted molar refractivity (Wildman–Crippen MR) is 118 cm³/mol. The summed E-state index contributed by atoms with van der Waals surface area (Å²) in [6.07, 6.45) is 0.651. The van der Waals surface area contributed by atoms with Gasteiger partial charge in [0.05, 0.1) is 12.1 Å². The third-order valence-corrected chi connectivity index (χ3v) is 5.87. The molecular formula is C25H29FN2O4. The van der Waals surface area contributed by atoms with E-state index in [1.54, 1.807) is 21.9 Å². The summed E-state index contributed by atoms with van der Waals surface area (Å²) in [7, 11) is 0. The van der Waals surface area contributed by atoms with Crippen LogP contribution >= 0.6 is 0 Å². The highest BCUT2D eigenvalue weighted by Gasteiger charge is 2.38. The Kier molecular flexibility index (Phi) is 6.09. The molecule has 2 amide bonds. The molecule has 2 aromatic carbocycles. The third-order valence-electron chi connectivity index (χ3n) is 5.87. The fourth-order valence-corrected chi connectivity index (χ4v) is 4.19. The second kappa shape index (κ2) is 8.81.